The number of hydrogen-bond donors (Lipinski definition) is 2. The van der Waals surface area contributed by atoms with Crippen LogP contribution in [0, 0.1) is 11.8 Å². The van der Waals surface area contributed by atoms with Gasteiger partial charge in [0, 0.05) is 17.7 Å². The molecule has 0 spiro atoms. The van der Waals surface area contributed by atoms with E-state index in [2.05, 4.69) is 37.3 Å². The van der Waals surface area contributed by atoms with Crippen molar-refractivity contribution >= 4 is 12.3 Å². The molecular weight excluding hydrogens is 304 g/mol. The van der Waals surface area contributed by atoms with E-state index in [0.717, 1.165) is 19.3 Å². The van der Waals surface area contributed by atoms with Crippen LogP contribution in [-0.4, -0.2) is 34.5 Å². The lowest BCUT2D eigenvalue weighted by Crippen LogP contribution is -2.42. The summed E-state index contributed by atoms with van der Waals surface area (Å²) in [6.45, 7) is 12.1. The molecule has 0 saturated heterocycles. The van der Waals surface area contributed by atoms with Crippen molar-refractivity contribution in [3.8, 4) is 0 Å². The molecule has 0 radical (unpaired) electrons. The summed E-state index contributed by atoms with van der Waals surface area (Å²) in [4.78, 5) is 11.9. The molecule has 2 rings (SSSR count). The van der Waals surface area contributed by atoms with E-state index in [0.29, 0.717) is 11.7 Å². The first-order valence-electron chi connectivity index (χ1n) is 8.76. The zero-order chi connectivity index (χ0) is 18.1. The Morgan fingerprint density at radius 3 is 2.50 bits per heavy atom. The summed E-state index contributed by atoms with van der Waals surface area (Å²) < 4.78 is 5.55. The van der Waals surface area contributed by atoms with E-state index >= 15 is 0 Å². The van der Waals surface area contributed by atoms with E-state index in [9.17, 15) is 4.79 Å². The molecule has 3 atom stereocenters. The Bertz CT molecular complexity index is 528. The van der Waals surface area contributed by atoms with Crippen LogP contribution < -0.4 is 11.1 Å². The number of amides is 1. The van der Waals surface area contributed by atoms with Gasteiger partial charge in [-0.25, -0.2) is 9.80 Å². The van der Waals surface area contributed by atoms with Gasteiger partial charge in [0.2, 0.25) is 0 Å². The fourth-order valence-electron chi connectivity index (χ4n) is 3.26. The minimum absolute atomic E-state index is 0.0268. The van der Waals surface area contributed by atoms with Gasteiger partial charge >= 0.3 is 6.09 Å². The van der Waals surface area contributed by atoms with Crippen LogP contribution in [-0.2, 0) is 4.74 Å². The molecule has 1 saturated carbocycles. The summed E-state index contributed by atoms with van der Waals surface area (Å²) >= 11 is 0. The molecule has 3 N–H and O–H groups in total. The molecule has 1 aliphatic carbocycles. The third-order valence-corrected chi connectivity index (χ3v) is 4.32. The SMILES string of the molecule is CC(C)(C)NC(=O)O[C@@H]1CC[C@H](C2C=NN(C(C)(C)C)C(N)=C2)C1. The highest BCUT2D eigenvalue weighted by molar-refractivity contribution is 5.68. The van der Waals surface area contributed by atoms with E-state index in [1.807, 2.05) is 32.0 Å². The van der Waals surface area contributed by atoms with Crippen molar-refractivity contribution in [1.29, 1.82) is 0 Å². The maximum absolute atomic E-state index is 11.9. The van der Waals surface area contributed by atoms with E-state index in [1.165, 1.54) is 0 Å². The summed E-state index contributed by atoms with van der Waals surface area (Å²) in [7, 11) is 0. The number of alkyl carbamates (subject to hydrolysis) is 1. The molecule has 136 valence electrons. The van der Waals surface area contributed by atoms with Crippen molar-refractivity contribution in [1.82, 2.24) is 10.3 Å². The minimum Gasteiger partial charge on any atom is -0.446 e. The first kappa shape index (κ1) is 18.6. The molecule has 0 aromatic carbocycles. The summed E-state index contributed by atoms with van der Waals surface area (Å²) in [6, 6.07) is 0. The number of nitrogens with zero attached hydrogens (tertiary/aromatic N) is 2. The third kappa shape index (κ3) is 4.89. The summed E-state index contributed by atoms with van der Waals surface area (Å²) in [5, 5.41) is 9.23. The second kappa shape index (κ2) is 6.65. The lowest BCUT2D eigenvalue weighted by molar-refractivity contribution is 0.0917. The molecular formula is C18H32N4O2. The van der Waals surface area contributed by atoms with Crippen LogP contribution in [0.5, 0.6) is 0 Å². The molecule has 2 aliphatic rings. The largest absolute Gasteiger partial charge is 0.446 e. The molecule has 1 aliphatic heterocycles. The number of allylic oxidation sites excluding steroid dienone is 1. The number of hydrogen-bond acceptors (Lipinski definition) is 5. The fourth-order valence-corrected chi connectivity index (χ4v) is 3.26. The number of carbonyl (C=O) groups excluding carboxylic acids is 1. The molecule has 1 unspecified atom stereocenters. The van der Waals surface area contributed by atoms with Crippen LogP contribution in [0.4, 0.5) is 4.79 Å². The van der Waals surface area contributed by atoms with Gasteiger partial charge in [-0.1, -0.05) is 0 Å². The topological polar surface area (TPSA) is 80.0 Å². The van der Waals surface area contributed by atoms with E-state index in [-0.39, 0.29) is 29.2 Å². The molecule has 0 aromatic heterocycles. The molecule has 1 fully saturated rings. The highest BCUT2D eigenvalue weighted by atomic mass is 16.6. The van der Waals surface area contributed by atoms with Crippen LogP contribution in [0.15, 0.2) is 17.0 Å². The van der Waals surface area contributed by atoms with Crippen LogP contribution >= 0.6 is 0 Å². The quantitative estimate of drug-likeness (QED) is 0.811. The van der Waals surface area contributed by atoms with Gasteiger partial charge < -0.3 is 15.8 Å². The number of nitrogens with two attached hydrogens (primary N) is 1. The van der Waals surface area contributed by atoms with Crippen LogP contribution in [0.1, 0.15) is 60.8 Å². The number of carbonyl (C=O) groups is 1. The number of rotatable bonds is 2. The van der Waals surface area contributed by atoms with Crippen molar-refractivity contribution in [2.45, 2.75) is 78.0 Å². The molecule has 6 nitrogen and oxygen atoms in total. The zero-order valence-electron chi connectivity index (χ0n) is 15.8. The Balaban J connectivity index is 1.89. The van der Waals surface area contributed by atoms with Crippen LogP contribution in [0.25, 0.3) is 0 Å². The van der Waals surface area contributed by atoms with Crippen molar-refractivity contribution in [2.24, 2.45) is 22.7 Å². The smallest absolute Gasteiger partial charge is 0.407 e. The van der Waals surface area contributed by atoms with Crippen LogP contribution in [0.2, 0.25) is 0 Å². The van der Waals surface area contributed by atoms with E-state index in [4.69, 9.17) is 10.5 Å². The van der Waals surface area contributed by atoms with Gasteiger partial charge in [-0.15, -0.1) is 0 Å². The molecule has 24 heavy (non-hydrogen) atoms. The van der Waals surface area contributed by atoms with Gasteiger partial charge in [-0.3, -0.25) is 0 Å². The van der Waals surface area contributed by atoms with Gasteiger partial charge in [0.25, 0.3) is 0 Å². The zero-order valence-corrected chi connectivity index (χ0v) is 15.8. The minimum atomic E-state index is -0.334. The molecule has 0 aromatic rings. The van der Waals surface area contributed by atoms with Gasteiger partial charge in [-0.05, 0) is 72.8 Å². The summed E-state index contributed by atoms with van der Waals surface area (Å²) in [5.74, 6) is 1.33. The fraction of sp³-hybridized carbons (Fsp3) is 0.778. The standard InChI is InChI=1S/C18H32N4O2/c1-17(2,3)21-16(23)24-14-8-7-12(9-14)13-10-15(19)22(20-11-13)18(4,5)6/h10-14H,7-9,19H2,1-6H3,(H,21,23)/t12-,13?,14+/m0/s1. The maximum Gasteiger partial charge on any atom is 0.407 e. The number of nitrogens with one attached hydrogen (secondary N) is 1. The van der Waals surface area contributed by atoms with Crippen molar-refractivity contribution in [2.75, 3.05) is 0 Å². The lowest BCUT2D eigenvalue weighted by Gasteiger charge is -2.36. The van der Waals surface area contributed by atoms with E-state index in [1.54, 1.807) is 0 Å². The average molecular weight is 336 g/mol. The number of hydrazone groups is 1. The highest BCUT2D eigenvalue weighted by Gasteiger charge is 2.34. The highest BCUT2D eigenvalue weighted by Crippen LogP contribution is 2.36. The van der Waals surface area contributed by atoms with Gasteiger partial charge in [0.05, 0.1) is 5.54 Å². The lowest BCUT2D eigenvalue weighted by atomic mass is 9.90. The predicted molar refractivity (Wildman–Crippen MR) is 96.3 cm³/mol. The van der Waals surface area contributed by atoms with Gasteiger partial charge in [0.1, 0.15) is 11.9 Å². The average Bonchev–Trinajstić information content (AvgIpc) is 2.83. The third-order valence-electron chi connectivity index (χ3n) is 4.32. The normalized spacial score (nSPS) is 27.8. The molecule has 1 amide bonds. The first-order valence-corrected chi connectivity index (χ1v) is 8.76. The monoisotopic (exact) mass is 336 g/mol. The van der Waals surface area contributed by atoms with Crippen molar-refractivity contribution in [3.05, 3.63) is 11.9 Å². The van der Waals surface area contributed by atoms with Gasteiger partial charge in [0.15, 0.2) is 0 Å². The van der Waals surface area contributed by atoms with E-state index < -0.39 is 0 Å². The second-order valence-electron chi connectivity index (χ2n) is 8.89. The van der Waals surface area contributed by atoms with Crippen LogP contribution in [0.3, 0.4) is 0 Å². The molecule has 6 heteroatoms. The predicted octanol–water partition coefficient (Wildman–Crippen LogP) is 3.20. The summed E-state index contributed by atoms with van der Waals surface area (Å²) in [6.07, 6.45) is 6.46. The molecule has 1 heterocycles. The Labute approximate surface area is 145 Å². The Morgan fingerprint density at radius 1 is 1.29 bits per heavy atom. The first-order chi connectivity index (χ1) is 11.0. The maximum atomic E-state index is 11.9. The van der Waals surface area contributed by atoms with Gasteiger partial charge in [-0.2, -0.15) is 5.10 Å². The summed E-state index contributed by atoms with van der Waals surface area (Å²) in [5.41, 5.74) is 5.78. The Hall–Kier alpha value is -1.72. The Kier molecular flexibility index (Phi) is 5.16. The number of ether oxygens (including phenoxy) is 1. The molecule has 0 bridgehead atoms. The Morgan fingerprint density at radius 2 is 1.96 bits per heavy atom. The van der Waals surface area contributed by atoms with Crippen molar-refractivity contribution < 1.29 is 9.53 Å². The second-order valence-corrected chi connectivity index (χ2v) is 8.89. The van der Waals surface area contributed by atoms with Crippen molar-refractivity contribution in [3.63, 3.8) is 0 Å².